The molecule has 4 nitrogen and oxygen atoms in total. The van der Waals surface area contributed by atoms with E-state index < -0.39 is 0 Å². The number of carbonyl (C=O) groups excluding carboxylic acids is 2. The van der Waals surface area contributed by atoms with Crippen LogP contribution in [0.2, 0.25) is 0 Å². The van der Waals surface area contributed by atoms with Gasteiger partial charge in [-0.3, -0.25) is 9.59 Å². The first-order valence-electron chi connectivity index (χ1n) is 5.59. The molecule has 0 fully saturated rings. The molecule has 0 aliphatic carbocycles. The van der Waals surface area contributed by atoms with E-state index in [0.29, 0.717) is 18.4 Å². The highest BCUT2D eigenvalue weighted by atomic mass is 16.5. The first-order valence-corrected chi connectivity index (χ1v) is 5.59. The van der Waals surface area contributed by atoms with Crippen molar-refractivity contribution in [3.8, 4) is 0 Å². The SMILES string of the molecule is O=C(CCCC(=O)c1ccccc1)OCCO. The van der Waals surface area contributed by atoms with E-state index in [1.54, 1.807) is 12.1 Å². The topological polar surface area (TPSA) is 63.6 Å². The Bertz CT molecular complexity index is 359. The van der Waals surface area contributed by atoms with Crippen molar-refractivity contribution in [3.05, 3.63) is 35.9 Å². The van der Waals surface area contributed by atoms with E-state index in [1.807, 2.05) is 18.2 Å². The third-order valence-corrected chi connectivity index (χ3v) is 2.23. The van der Waals surface area contributed by atoms with Crippen molar-refractivity contribution in [2.75, 3.05) is 13.2 Å². The van der Waals surface area contributed by atoms with Gasteiger partial charge in [0.25, 0.3) is 0 Å². The second-order valence-electron chi connectivity index (χ2n) is 3.59. The van der Waals surface area contributed by atoms with Gasteiger partial charge in [-0.2, -0.15) is 0 Å². The van der Waals surface area contributed by atoms with Crippen LogP contribution in [-0.4, -0.2) is 30.1 Å². The highest BCUT2D eigenvalue weighted by Gasteiger charge is 2.07. The zero-order valence-electron chi connectivity index (χ0n) is 9.59. The van der Waals surface area contributed by atoms with E-state index in [4.69, 9.17) is 5.11 Å². The minimum atomic E-state index is -0.375. The molecule has 92 valence electrons. The van der Waals surface area contributed by atoms with Gasteiger partial charge in [0.05, 0.1) is 6.61 Å². The summed E-state index contributed by atoms with van der Waals surface area (Å²) >= 11 is 0. The fraction of sp³-hybridized carbons (Fsp3) is 0.385. The first-order chi connectivity index (χ1) is 8.24. The molecule has 0 atom stereocenters. The van der Waals surface area contributed by atoms with E-state index in [0.717, 1.165) is 0 Å². The predicted octanol–water partition coefficient (Wildman–Crippen LogP) is 1.58. The summed E-state index contributed by atoms with van der Waals surface area (Å²) < 4.78 is 4.68. The van der Waals surface area contributed by atoms with Gasteiger partial charge in [0.15, 0.2) is 5.78 Å². The van der Waals surface area contributed by atoms with Crippen molar-refractivity contribution in [1.29, 1.82) is 0 Å². The number of benzene rings is 1. The van der Waals surface area contributed by atoms with Gasteiger partial charge in [0.2, 0.25) is 0 Å². The summed E-state index contributed by atoms with van der Waals surface area (Å²) in [4.78, 5) is 22.7. The van der Waals surface area contributed by atoms with Crippen LogP contribution in [-0.2, 0) is 9.53 Å². The molecular weight excluding hydrogens is 220 g/mol. The summed E-state index contributed by atoms with van der Waals surface area (Å²) in [5.74, 6) is -0.347. The Morgan fingerprint density at radius 2 is 1.82 bits per heavy atom. The number of hydrogen-bond donors (Lipinski definition) is 1. The van der Waals surface area contributed by atoms with Crippen molar-refractivity contribution in [3.63, 3.8) is 0 Å². The van der Waals surface area contributed by atoms with E-state index in [2.05, 4.69) is 4.74 Å². The predicted molar refractivity (Wildman–Crippen MR) is 62.7 cm³/mol. The normalized spacial score (nSPS) is 9.94. The number of rotatable bonds is 7. The third kappa shape index (κ3) is 5.26. The number of ether oxygens (including phenoxy) is 1. The molecule has 0 aliphatic heterocycles. The quantitative estimate of drug-likeness (QED) is 0.576. The molecule has 0 amide bonds. The monoisotopic (exact) mass is 236 g/mol. The molecule has 1 rings (SSSR count). The summed E-state index contributed by atoms with van der Waals surface area (Å²) in [6, 6.07) is 8.98. The fourth-order valence-electron chi connectivity index (χ4n) is 1.39. The van der Waals surface area contributed by atoms with Crippen LogP contribution in [0.5, 0.6) is 0 Å². The van der Waals surface area contributed by atoms with E-state index in [-0.39, 0.29) is 31.4 Å². The summed E-state index contributed by atoms with van der Waals surface area (Å²) in [6.45, 7) is -0.153. The molecule has 0 saturated carbocycles. The van der Waals surface area contributed by atoms with E-state index in [1.165, 1.54) is 0 Å². The highest BCUT2D eigenvalue weighted by molar-refractivity contribution is 5.96. The Balaban J connectivity index is 2.23. The van der Waals surface area contributed by atoms with Crippen LogP contribution >= 0.6 is 0 Å². The van der Waals surface area contributed by atoms with Crippen LogP contribution in [0, 0.1) is 0 Å². The van der Waals surface area contributed by atoms with Gasteiger partial charge < -0.3 is 9.84 Å². The molecule has 0 unspecified atom stereocenters. The van der Waals surface area contributed by atoms with Gasteiger partial charge in [-0.05, 0) is 6.42 Å². The van der Waals surface area contributed by atoms with Crippen molar-refractivity contribution in [1.82, 2.24) is 0 Å². The van der Waals surface area contributed by atoms with Crippen molar-refractivity contribution >= 4 is 11.8 Å². The molecule has 0 aromatic heterocycles. The Morgan fingerprint density at radius 1 is 1.12 bits per heavy atom. The lowest BCUT2D eigenvalue weighted by Crippen LogP contribution is -2.09. The minimum absolute atomic E-state index is 0.0193. The van der Waals surface area contributed by atoms with Crippen LogP contribution < -0.4 is 0 Å². The van der Waals surface area contributed by atoms with Gasteiger partial charge in [0, 0.05) is 18.4 Å². The summed E-state index contributed by atoms with van der Waals surface area (Å²) in [6.07, 6.45) is 1.01. The molecule has 1 aromatic rings. The van der Waals surface area contributed by atoms with Gasteiger partial charge in [-0.25, -0.2) is 0 Å². The van der Waals surface area contributed by atoms with Crippen molar-refractivity contribution < 1.29 is 19.4 Å². The number of ketones is 1. The van der Waals surface area contributed by atoms with E-state index in [9.17, 15) is 9.59 Å². The lowest BCUT2D eigenvalue weighted by molar-refractivity contribution is -0.144. The van der Waals surface area contributed by atoms with Crippen molar-refractivity contribution in [2.24, 2.45) is 0 Å². The molecule has 17 heavy (non-hydrogen) atoms. The standard InChI is InChI=1S/C13H16O4/c14-9-10-17-13(16)8-4-7-12(15)11-5-2-1-3-6-11/h1-3,5-6,14H,4,7-10H2. The molecule has 1 aromatic carbocycles. The summed E-state index contributed by atoms with van der Waals surface area (Å²) in [7, 11) is 0. The second kappa shape index (κ2) is 7.57. The van der Waals surface area contributed by atoms with Gasteiger partial charge in [-0.1, -0.05) is 30.3 Å². The molecule has 0 aliphatic rings. The molecule has 0 spiro atoms. The average molecular weight is 236 g/mol. The fourth-order valence-corrected chi connectivity index (χ4v) is 1.39. The van der Waals surface area contributed by atoms with Gasteiger partial charge in [-0.15, -0.1) is 0 Å². The third-order valence-electron chi connectivity index (χ3n) is 2.23. The Morgan fingerprint density at radius 3 is 2.47 bits per heavy atom. The highest BCUT2D eigenvalue weighted by Crippen LogP contribution is 2.07. The molecule has 1 N–H and O–H groups in total. The van der Waals surface area contributed by atoms with Gasteiger partial charge in [0.1, 0.15) is 6.61 Å². The molecular formula is C13H16O4. The van der Waals surface area contributed by atoms with Crippen LogP contribution in [0.15, 0.2) is 30.3 Å². The van der Waals surface area contributed by atoms with Crippen LogP contribution in [0.1, 0.15) is 29.6 Å². The van der Waals surface area contributed by atoms with Gasteiger partial charge >= 0.3 is 5.97 Å². The molecule has 0 saturated heterocycles. The average Bonchev–Trinajstić information content (AvgIpc) is 2.37. The molecule has 4 heteroatoms. The molecule has 0 radical (unpaired) electrons. The number of hydrogen-bond acceptors (Lipinski definition) is 4. The summed E-state index contributed by atoms with van der Waals surface area (Å²) in [5.41, 5.74) is 0.663. The Labute approximate surface area is 100 Å². The number of Topliss-reactive ketones (excluding diaryl/α,β-unsaturated/α-hetero) is 1. The number of esters is 1. The zero-order chi connectivity index (χ0) is 12.5. The van der Waals surface area contributed by atoms with Crippen molar-refractivity contribution in [2.45, 2.75) is 19.3 Å². The van der Waals surface area contributed by atoms with Crippen LogP contribution in [0.3, 0.4) is 0 Å². The molecule has 0 heterocycles. The summed E-state index contributed by atoms with van der Waals surface area (Å²) in [5, 5.41) is 8.45. The first kappa shape index (κ1) is 13.4. The number of aliphatic hydroxyl groups excluding tert-OH is 1. The van der Waals surface area contributed by atoms with Crippen LogP contribution in [0.4, 0.5) is 0 Å². The smallest absolute Gasteiger partial charge is 0.305 e. The Hall–Kier alpha value is -1.68. The number of carbonyl (C=O) groups is 2. The van der Waals surface area contributed by atoms with Crippen LogP contribution in [0.25, 0.3) is 0 Å². The Kier molecular flexibility index (Phi) is 5.96. The maximum absolute atomic E-state index is 11.6. The number of aliphatic hydroxyl groups is 1. The lowest BCUT2D eigenvalue weighted by atomic mass is 10.1. The largest absolute Gasteiger partial charge is 0.463 e. The minimum Gasteiger partial charge on any atom is -0.463 e. The zero-order valence-corrected chi connectivity index (χ0v) is 9.59. The van der Waals surface area contributed by atoms with E-state index >= 15 is 0 Å². The second-order valence-corrected chi connectivity index (χ2v) is 3.59. The lowest BCUT2D eigenvalue weighted by Gasteiger charge is -2.02. The maximum atomic E-state index is 11.6. The molecule has 0 bridgehead atoms. The maximum Gasteiger partial charge on any atom is 0.305 e.